The van der Waals surface area contributed by atoms with Gasteiger partial charge in [0.1, 0.15) is 17.1 Å². The lowest BCUT2D eigenvalue weighted by molar-refractivity contribution is 0.0359. The Bertz CT molecular complexity index is 735. The van der Waals surface area contributed by atoms with Crippen LogP contribution in [-0.4, -0.2) is 31.8 Å². The molecule has 2 rings (SSSR count). The second-order valence-corrected chi connectivity index (χ2v) is 6.73. The van der Waals surface area contributed by atoms with Gasteiger partial charge in [0.15, 0.2) is 0 Å². The van der Waals surface area contributed by atoms with Crippen molar-refractivity contribution in [3.8, 4) is 0 Å². The average Bonchev–Trinajstić information content (AvgIpc) is 2.99. The normalized spacial score (nSPS) is 13.2. The molecular weight excluding hydrogens is 318 g/mol. The summed E-state index contributed by atoms with van der Waals surface area (Å²) in [5.74, 6) is 1.15. The molecule has 1 aromatic heterocycles. The van der Waals surface area contributed by atoms with Crippen LogP contribution in [-0.2, 0) is 12.1 Å². The molecule has 2 amide bonds. The number of urea groups is 1. The Morgan fingerprint density at radius 3 is 2.48 bits per heavy atom. The molecule has 2 aromatic rings. The number of hydrogen-bond donors (Lipinski definition) is 3. The number of aryl methyl sites for hydroxylation is 2. The van der Waals surface area contributed by atoms with Crippen LogP contribution in [0.2, 0.25) is 0 Å². The van der Waals surface area contributed by atoms with E-state index in [4.69, 9.17) is 4.42 Å². The zero-order valence-electron chi connectivity index (χ0n) is 15.5. The van der Waals surface area contributed by atoms with Gasteiger partial charge in [0.2, 0.25) is 0 Å². The van der Waals surface area contributed by atoms with Crippen LogP contribution >= 0.6 is 0 Å². The summed E-state index contributed by atoms with van der Waals surface area (Å²) in [5.41, 5.74) is 2.03. The van der Waals surface area contributed by atoms with Gasteiger partial charge >= 0.3 is 6.03 Å². The molecule has 0 radical (unpaired) electrons. The van der Waals surface area contributed by atoms with E-state index in [0.717, 1.165) is 22.6 Å². The van der Waals surface area contributed by atoms with Crippen LogP contribution in [0.5, 0.6) is 0 Å². The molecule has 0 saturated heterocycles. The SMILES string of the molecule is Cc1ccc(C(C)(O)CNC(=O)NCc2ccc(N(C)C)cc2C)o1. The number of hydrogen-bond acceptors (Lipinski definition) is 4. The van der Waals surface area contributed by atoms with Gasteiger partial charge in [-0.15, -0.1) is 0 Å². The highest BCUT2D eigenvalue weighted by Crippen LogP contribution is 2.22. The zero-order chi connectivity index (χ0) is 18.6. The van der Waals surface area contributed by atoms with Crippen molar-refractivity contribution in [3.63, 3.8) is 0 Å². The minimum Gasteiger partial charge on any atom is -0.463 e. The minimum absolute atomic E-state index is 0.0599. The molecular formula is C19H27N3O3. The Balaban J connectivity index is 1.87. The Labute approximate surface area is 148 Å². The van der Waals surface area contributed by atoms with Crippen molar-refractivity contribution in [3.05, 3.63) is 53.0 Å². The predicted molar refractivity (Wildman–Crippen MR) is 98.8 cm³/mol. The number of aliphatic hydroxyl groups is 1. The molecule has 6 heteroatoms. The lowest BCUT2D eigenvalue weighted by atomic mass is 10.0. The van der Waals surface area contributed by atoms with Crippen molar-refractivity contribution < 1.29 is 14.3 Å². The molecule has 0 aliphatic heterocycles. The topological polar surface area (TPSA) is 77.7 Å². The number of benzene rings is 1. The number of furan rings is 1. The molecule has 1 heterocycles. The van der Waals surface area contributed by atoms with Crippen LogP contribution in [0.15, 0.2) is 34.7 Å². The lowest BCUT2D eigenvalue weighted by Crippen LogP contribution is -2.43. The fraction of sp³-hybridized carbons (Fsp3) is 0.421. The molecule has 0 fully saturated rings. The van der Waals surface area contributed by atoms with E-state index in [1.807, 2.05) is 45.0 Å². The van der Waals surface area contributed by atoms with Crippen molar-refractivity contribution in [2.45, 2.75) is 32.9 Å². The van der Waals surface area contributed by atoms with E-state index in [9.17, 15) is 9.90 Å². The predicted octanol–water partition coefficient (Wildman–Crippen LogP) is 2.67. The smallest absolute Gasteiger partial charge is 0.315 e. The van der Waals surface area contributed by atoms with Crippen molar-refractivity contribution in [2.75, 3.05) is 25.5 Å². The number of nitrogens with one attached hydrogen (secondary N) is 2. The van der Waals surface area contributed by atoms with Gasteiger partial charge in [0, 0.05) is 26.3 Å². The molecule has 25 heavy (non-hydrogen) atoms. The van der Waals surface area contributed by atoms with Gasteiger partial charge in [-0.1, -0.05) is 6.07 Å². The Kier molecular flexibility index (Phi) is 5.74. The standard InChI is InChI=1S/C19H27N3O3/c1-13-10-16(22(4)5)8-7-15(13)11-20-18(23)21-12-19(3,24)17-9-6-14(2)25-17/h6-10,24H,11-12H2,1-5H3,(H2,20,21,23). The number of nitrogens with zero attached hydrogens (tertiary/aromatic N) is 1. The maximum absolute atomic E-state index is 12.0. The average molecular weight is 345 g/mol. The highest BCUT2D eigenvalue weighted by atomic mass is 16.4. The third-order valence-electron chi connectivity index (χ3n) is 4.15. The van der Waals surface area contributed by atoms with Crippen LogP contribution in [0.25, 0.3) is 0 Å². The third kappa shape index (κ3) is 5.00. The first kappa shape index (κ1) is 18.9. The van der Waals surface area contributed by atoms with E-state index < -0.39 is 5.60 Å². The van der Waals surface area contributed by atoms with Gasteiger partial charge in [0.05, 0.1) is 6.54 Å². The maximum Gasteiger partial charge on any atom is 0.315 e. The van der Waals surface area contributed by atoms with Crippen LogP contribution in [0.1, 0.15) is 29.6 Å². The van der Waals surface area contributed by atoms with E-state index in [2.05, 4.69) is 16.7 Å². The van der Waals surface area contributed by atoms with Crippen molar-refractivity contribution in [2.24, 2.45) is 0 Å². The Morgan fingerprint density at radius 1 is 1.20 bits per heavy atom. The number of anilines is 1. The molecule has 1 atom stereocenters. The lowest BCUT2D eigenvalue weighted by Gasteiger charge is -2.21. The summed E-state index contributed by atoms with van der Waals surface area (Å²) in [5, 5.41) is 15.9. The molecule has 6 nitrogen and oxygen atoms in total. The van der Waals surface area contributed by atoms with Crippen LogP contribution in [0.4, 0.5) is 10.5 Å². The maximum atomic E-state index is 12.0. The number of amides is 2. The Hall–Kier alpha value is -2.47. The molecule has 1 aromatic carbocycles. The second-order valence-electron chi connectivity index (χ2n) is 6.73. The summed E-state index contributed by atoms with van der Waals surface area (Å²) >= 11 is 0. The second kappa shape index (κ2) is 7.61. The van der Waals surface area contributed by atoms with Gasteiger partial charge in [0.25, 0.3) is 0 Å². The van der Waals surface area contributed by atoms with Gasteiger partial charge in [-0.3, -0.25) is 0 Å². The quantitative estimate of drug-likeness (QED) is 0.752. The first-order chi connectivity index (χ1) is 11.7. The number of carbonyl (C=O) groups is 1. The number of carbonyl (C=O) groups excluding carboxylic acids is 1. The van der Waals surface area contributed by atoms with Gasteiger partial charge in [-0.05, 0) is 56.2 Å². The number of rotatable bonds is 6. The monoisotopic (exact) mass is 345 g/mol. The summed E-state index contributed by atoms with van der Waals surface area (Å²) in [4.78, 5) is 14.1. The molecule has 0 bridgehead atoms. The fourth-order valence-electron chi connectivity index (χ4n) is 2.46. The minimum atomic E-state index is -1.26. The summed E-state index contributed by atoms with van der Waals surface area (Å²) < 4.78 is 5.43. The van der Waals surface area contributed by atoms with Crippen LogP contribution in [0.3, 0.4) is 0 Å². The molecule has 0 aliphatic rings. The third-order valence-corrected chi connectivity index (χ3v) is 4.15. The summed E-state index contributed by atoms with van der Waals surface area (Å²) in [7, 11) is 3.99. The first-order valence-electron chi connectivity index (χ1n) is 8.27. The Morgan fingerprint density at radius 2 is 1.92 bits per heavy atom. The fourth-order valence-corrected chi connectivity index (χ4v) is 2.46. The molecule has 1 unspecified atom stereocenters. The van der Waals surface area contributed by atoms with E-state index >= 15 is 0 Å². The molecule has 0 aliphatic carbocycles. The van der Waals surface area contributed by atoms with Gasteiger partial charge in [-0.25, -0.2) is 4.79 Å². The van der Waals surface area contributed by atoms with Crippen LogP contribution in [0, 0.1) is 13.8 Å². The van der Waals surface area contributed by atoms with E-state index in [1.165, 1.54) is 0 Å². The molecule has 0 spiro atoms. The molecule has 0 saturated carbocycles. The van der Waals surface area contributed by atoms with E-state index in [1.54, 1.807) is 19.1 Å². The van der Waals surface area contributed by atoms with Crippen molar-refractivity contribution >= 4 is 11.7 Å². The van der Waals surface area contributed by atoms with E-state index in [0.29, 0.717) is 12.3 Å². The summed E-state index contributed by atoms with van der Waals surface area (Å²) in [6.07, 6.45) is 0. The van der Waals surface area contributed by atoms with Gasteiger partial charge < -0.3 is 25.1 Å². The van der Waals surface area contributed by atoms with Crippen molar-refractivity contribution in [1.29, 1.82) is 0 Å². The zero-order valence-corrected chi connectivity index (χ0v) is 15.5. The highest BCUT2D eigenvalue weighted by Gasteiger charge is 2.27. The summed E-state index contributed by atoms with van der Waals surface area (Å²) in [6, 6.07) is 9.27. The molecule has 136 valence electrons. The van der Waals surface area contributed by atoms with Gasteiger partial charge in [-0.2, -0.15) is 0 Å². The first-order valence-corrected chi connectivity index (χ1v) is 8.27. The molecule has 3 N–H and O–H groups in total. The largest absolute Gasteiger partial charge is 0.463 e. The summed E-state index contributed by atoms with van der Waals surface area (Å²) in [6.45, 7) is 5.92. The van der Waals surface area contributed by atoms with E-state index in [-0.39, 0.29) is 12.6 Å². The van der Waals surface area contributed by atoms with Crippen LogP contribution < -0.4 is 15.5 Å². The highest BCUT2D eigenvalue weighted by molar-refractivity contribution is 5.74. The van der Waals surface area contributed by atoms with Crippen molar-refractivity contribution in [1.82, 2.24) is 10.6 Å².